The highest BCUT2D eigenvalue weighted by Gasteiger charge is 2.30. The Bertz CT molecular complexity index is 170. The number of carbonyl (C=O) groups excluding carboxylic acids is 1. The molecule has 1 saturated heterocycles. The number of rotatable bonds is 3. The molecule has 0 radical (unpaired) electrons. The van der Waals surface area contributed by atoms with Crippen LogP contribution in [0.2, 0.25) is 0 Å². The van der Waals surface area contributed by atoms with Crippen LogP contribution in [0.5, 0.6) is 0 Å². The SMILES string of the molecule is CCOC(=O)C1NCCCC1CC. The monoisotopic (exact) mass is 185 g/mol. The highest BCUT2D eigenvalue weighted by molar-refractivity contribution is 5.76. The van der Waals surface area contributed by atoms with Crippen molar-refractivity contribution in [1.82, 2.24) is 5.32 Å². The Morgan fingerprint density at radius 2 is 2.31 bits per heavy atom. The predicted molar refractivity (Wildman–Crippen MR) is 51.4 cm³/mol. The van der Waals surface area contributed by atoms with E-state index in [1.165, 1.54) is 6.42 Å². The van der Waals surface area contributed by atoms with Crippen molar-refractivity contribution in [1.29, 1.82) is 0 Å². The number of hydrogen-bond donors (Lipinski definition) is 1. The summed E-state index contributed by atoms with van der Waals surface area (Å²) >= 11 is 0. The van der Waals surface area contributed by atoms with Gasteiger partial charge in [-0.15, -0.1) is 0 Å². The van der Waals surface area contributed by atoms with Gasteiger partial charge in [-0.1, -0.05) is 13.3 Å². The predicted octanol–water partition coefficient (Wildman–Crippen LogP) is 1.33. The highest BCUT2D eigenvalue weighted by atomic mass is 16.5. The van der Waals surface area contributed by atoms with E-state index in [4.69, 9.17) is 4.74 Å². The molecule has 0 saturated carbocycles. The van der Waals surface area contributed by atoms with Gasteiger partial charge in [0, 0.05) is 0 Å². The first-order valence-corrected chi connectivity index (χ1v) is 5.19. The van der Waals surface area contributed by atoms with Gasteiger partial charge in [-0.25, -0.2) is 0 Å². The smallest absolute Gasteiger partial charge is 0.323 e. The van der Waals surface area contributed by atoms with Crippen LogP contribution in [0.1, 0.15) is 33.1 Å². The van der Waals surface area contributed by atoms with Gasteiger partial charge in [0.1, 0.15) is 6.04 Å². The molecule has 0 spiro atoms. The molecule has 2 unspecified atom stereocenters. The molecule has 1 heterocycles. The van der Waals surface area contributed by atoms with Crippen molar-refractivity contribution in [2.24, 2.45) is 5.92 Å². The van der Waals surface area contributed by atoms with Crippen LogP contribution in [0.15, 0.2) is 0 Å². The number of carbonyl (C=O) groups is 1. The summed E-state index contributed by atoms with van der Waals surface area (Å²) in [6.07, 6.45) is 3.37. The topological polar surface area (TPSA) is 38.3 Å². The van der Waals surface area contributed by atoms with Crippen molar-refractivity contribution in [2.45, 2.75) is 39.2 Å². The fourth-order valence-electron chi connectivity index (χ4n) is 1.90. The second kappa shape index (κ2) is 5.22. The number of nitrogens with one attached hydrogen (secondary N) is 1. The normalized spacial score (nSPS) is 28.5. The summed E-state index contributed by atoms with van der Waals surface area (Å²) in [6.45, 7) is 5.40. The zero-order valence-corrected chi connectivity index (χ0v) is 8.51. The van der Waals surface area contributed by atoms with Crippen LogP contribution in [0, 0.1) is 5.92 Å². The second-order valence-corrected chi connectivity index (χ2v) is 3.49. The third-order valence-corrected chi connectivity index (χ3v) is 2.65. The molecule has 76 valence electrons. The lowest BCUT2D eigenvalue weighted by atomic mass is 9.89. The third kappa shape index (κ3) is 2.69. The Morgan fingerprint density at radius 3 is 2.92 bits per heavy atom. The van der Waals surface area contributed by atoms with Crippen LogP contribution in [0.4, 0.5) is 0 Å². The number of esters is 1. The first-order valence-electron chi connectivity index (χ1n) is 5.19. The average molecular weight is 185 g/mol. The molecule has 3 heteroatoms. The van der Waals surface area contributed by atoms with Crippen LogP contribution >= 0.6 is 0 Å². The van der Waals surface area contributed by atoms with Crippen LogP contribution in [0.3, 0.4) is 0 Å². The molecule has 1 aliphatic heterocycles. The van der Waals surface area contributed by atoms with E-state index in [-0.39, 0.29) is 12.0 Å². The lowest BCUT2D eigenvalue weighted by molar-refractivity contribution is -0.147. The molecule has 1 N–H and O–H groups in total. The maximum Gasteiger partial charge on any atom is 0.323 e. The van der Waals surface area contributed by atoms with Gasteiger partial charge in [-0.3, -0.25) is 4.79 Å². The lowest BCUT2D eigenvalue weighted by Crippen LogP contribution is -2.47. The summed E-state index contributed by atoms with van der Waals surface area (Å²) in [6, 6.07) is -0.0568. The summed E-state index contributed by atoms with van der Waals surface area (Å²) in [5, 5.41) is 3.23. The summed E-state index contributed by atoms with van der Waals surface area (Å²) in [5.74, 6) is 0.391. The fourth-order valence-corrected chi connectivity index (χ4v) is 1.90. The number of hydrogen-bond acceptors (Lipinski definition) is 3. The highest BCUT2D eigenvalue weighted by Crippen LogP contribution is 2.20. The van der Waals surface area contributed by atoms with E-state index in [9.17, 15) is 4.79 Å². The van der Waals surface area contributed by atoms with E-state index in [2.05, 4.69) is 12.2 Å². The summed E-state index contributed by atoms with van der Waals surface area (Å²) in [7, 11) is 0. The van der Waals surface area contributed by atoms with Crippen LogP contribution < -0.4 is 5.32 Å². The van der Waals surface area contributed by atoms with Gasteiger partial charge in [0.25, 0.3) is 0 Å². The van der Waals surface area contributed by atoms with Crippen molar-refractivity contribution in [3.05, 3.63) is 0 Å². The molecule has 1 fully saturated rings. The van der Waals surface area contributed by atoms with E-state index in [0.717, 1.165) is 19.4 Å². The molecule has 1 rings (SSSR count). The first-order chi connectivity index (χ1) is 6.29. The van der Waals surface area contributed by atoms with Crippen LogP contribution in [-0.4, -0.2) is 25.2 Å². The molecule has 0 aromatic rings. The van der Waals surface area contributed by atoms with Gasteiger partial charge < -0.3 is 10.1 Å². The van der Waals surface area contributed by atoms with Crippen LogP contribution in [0.25, 0.3) is 0 Å². The van der Waals surface area contributed by atoms with E-state index >= 15 is 0 Å². The summed E-state index contributed by atoms with van der Waals surface area (Å²) in [5.41, 5.74) is 0. The van der Waals surface area contributed by atoms with E-state index < -0.39 is 0 Å². The maximum atomic E-state index is 11.5. The van der Waals surface area contributed by atoms with E-state index in [1.54, 1.807) is 0 Å². The van der Waals surface area contributed by atoms with E-state index in [1.807, 2.05) is 6.92 Å². The minimum Gasteiger partial charge on any atom is -0.465 e. The number of ether oxygens (including phenoxy) is 1. The Morgan fingerprint density at radius 1 is 1.54 bits per heavy atom. The first kappa shape index (κ1) is 10.5. The largest absolute Gasteiger partial charge is 0.465 e. The van der Waals surface area contributed by atoms with E-state index in [0.29, 0.717) is 12.5 Å². The van der Waals surface area contributed by atoms with Crippen molar-refractivity contribution in [3.8, 4) is 0 Å². The molecule has 0 aliphatic carbocycles. The van der Waals surface area contributed by atoms with Crippen molar-refractivity contribution in [3.63, 3.8) is 0 Å². The molecular weight excluding hydrogens is 166 g/mol. The van der Waals surface area contributed by atoms with Gasteiger partial charge >= 0.3 is 5.97 Å². The van der Waals surface area contributed by atoms with Crippen molar-refractivity contribution < 1.29 is 9.53 Å². The zero-order valence-electron chi connectivity index (χ0n) is 8.51. The molecule has 0 aromatic heterocycles. The second-order valence-electron chi connectivity index (χ2n) is 3.49. The lowest BCUT2D eigenvalue weighted by Gasteiger charge is -2.29. The average Bonchev–Trinajstić information content (AvgIpc) is 2.18. The molecule has 1 aliphatic rings. The van der Waals surface area contributed by atoms with Gasteiger partial charge in [-0.2, -0.15) is 0 Å². The molecular formula is C10H19NO2. The zero-order chi connectivity index (χ0) is 9.68. The molecule has 2 atom stereocenters. The maximum absolute atomic E-state index is 11.5. The molecule has 3 nitrogen and oxygen atoms in total. The minimum absolute atomic E-state index is 0.0568. The molecule has 0 bridgehead atoms. The minimum atomic E-state index is -0.0750. The summed E-state index contributed by atoms with van der Waals surface area (Å²) < 4.78 is 5.01. The molecule has 0 amide bonds. The Balaban J connectivity index is 2.48. The fraction of sp³-hybridized carbons (Fsp3) is 0.900. The van der Waals surface area contributed by atoms with Gasteiger partial charge in [0.2, 0.25) is 0 Å². The molecule has 13 heavy (non-hydrogen) atoms. The van der Waals surface area contributed by atoms with Crippen molar-refractivity contribution >= 4 is 5.97 Å². The van der Waals surface area contributed by atoms with Gasteiger partial charge in [-0.05, 0) is 32.2 Å². The third-order valence-electron chi connectivity index (χ3n) is 2.65. The van der Waals surface area contributed by atoms with Crippen LogP contribution in [-0.2, 0) is 9.53 Å². The Labute approximate surface area is 79.8 Å². The van der Waals surface area contributed by atoms with Gasteiger partial charge in [0.05, 0.1) is 6.61 Å². The standard InChI is InChI=1S/C10H19NO2/c1-3-8-6-5-7-11-9(8)10(12)13-4-2/h8-9,11H,3-7H2,1-2H3. The summed E-state index contributed by atoms with van der Waals surface area (Å²) in [4.78, 5) is 11.5. The molecule has 0 aromatic carbocycles. The quantitative estimate of drug-likeness (QED) is 0.674. The number of piperidine rings is 1. The van der Waals surface area contributed by atoms with Crippen molar-refractivity contribution in [2.75, 3.05) is 13.2 Å². The van der Waals surface area contributed by atoms with Gasteiger partial charge in [0.15, 0.2) is 0 Å². The Hall–Kier alpha value is -0.570. The Kier molecular flexibility index (Phi) is 4.22.